The van der Waals surface area contributed by atoms with E-state index in [0.29, 0.717) is 45.1 Å². The Morgan fingerprint density at radius 3 is 2.27 bits per heavy atom. The Bertz CT molecular complexity index is 1060. The van der Waals surface area contributed by atoms with Crippen LogP contribution in [0.5, 0.6) is 11.5 Å². The number of hydrogen-bond donors (Lipinski definition) is 0. The number of nitrogens with zero attached hydrogens (tertiary/aromatic N) is 2. The molecule has 0 spiro atoms. The standard InChI is InChI=1S/C21H25BrN2O5S/c1-14-5-6-15(2)19(11-14)30(26,27)24-9-7-23(8-10-24)21(25)17-12-16(28-3)13-18(22)20(17)29-4/h5-6,11-13H,7-10H2,1-4H3. The molecular formula is C21H25BrN2O5S. The minimum absolute atomic E-state index is 0.227. The Labute approximate surface area is 185 Å². The number of methoxy groups -OCH3 is 2. The molecule has 9 heteroatoms. The van der Waals surface area contributed by atoms with Crippen molar-refractivity contribution < 1.29 is 22.7 Å². The maximum absolute atomic E-state index is 13.1. The molecule has 2 aromatic carbocycles. The van der Waals surface area contributed by atoms with Crippen molar-refractivity contribution >= 4 is 31.9 Å². The van der Waals surface area contributed by atoms with Crippen LogP contribution in [0.2, 0.25) is 0 Å². The highest BCUT2D eigenvalue weighted by atomic mass is 79.9. The van der Waals surface area contributed by atoms with Gasteiger partial charge in [0.1, 0.15) is 11.5 Å². The lowest BCUT2D eigenvalue weighted by Gasteiger charge is -2.34. The number of benzene rings is 2. The number of hydrogen-bond acceptors (Lipinski definition) is 5. The van der Waals surface area contributed by atoms with Crippen molar-refractivity contribution in [2.24, 2.45) is 0 Å². The maximum Gasteiger partial charge on any atom is 0.257 e. The number of amides is 1. The lowest BCUT2D eigenvalue weighted by Crippen LogP contribution is -2.50. The summed E-state index contributed by atoms with van der Waals surface area (Å²) in [6.45, 7) is 4.71. The first-order chi connectivity index (χ1) is 14.2. The van der Waals surface area contributed by atoms with Crippen molar-refractivity contribution in [1.82, 2.24) is 9.21 Å². The Hall–Kier alpha value is -2.10. The number of rotatable bonds is 5. The summed E-state index contributed by atoms with van der Waals surface area (Å²) in [5.74, 6) is 0.726. The minimum atomic E-state index is -3.62. The first-order valence-electron chi connectivity index (χ1n) is 9.47. The fourth-order valence-electron chi connectivity index (χ4n) is 3.48. The molecule has 0 unspecified atom stereocenters. The van der Waals surface area contributed by atoms with Gasteiger partial charge in [0.05, 0.1) is 29.2 Å². The average molecular weight is 497 g/mol. The van der Waals surface area contributed by atoms with Gasteiger partial charge in [-0.2, -0.15) is 4.31 Å². The summed E-state index contributed by atoms with van der Waals surface area (Å²) in [7, 11) is -0.591. The van der Waals surface area contributed by atoms with E-state index in [2.05, 4.69) is 15.9 Å². The molecule has 0 radical (unpaired) electrons. The van der Waals surface area contributed by atoms with Crippen LogP contribution in [0.4, 0.5) is 0 Å². The summed E-state index contributed by atoms with van der Waals surface area (Å²) < 4.78 is 38.9. The smallest absolute Gasteiger partial charge is 0.257 e. The molecule has 30 heavy (non-hydrogen) atoms. The van der Waals surface area contributed by atoms with E-state index >= 15 is 0 Å². The molecule has 1 aliphatic rings. The lowest BCUT2D eigenvalue weighted by atomic mass is 10.1. The predicted octanol–water partition coefficient (Wildman–Crippen LogP) is 3.23. The third kappa shape index (κ3) is 4.33. The van der Waals surface area contributed by atoms with Gasteiger partial charge >= 0.3 is 0 Å². The number of ether oxygens (including phenoxy) is 2. The summed E-state index contributed by atoms with van der Waals surface area (Å²) in [5.41, 5.74) is 1.98. The van der Waals surface area contributed by atoms with Crippen LogP contribution < -0.4 is 9.47 Å². The summed E-state index contributed by atoms with van der Waals surface area (Å²) in [6, 6.07) is 8.76. The van der Waals surface area contributed by atoms with Gasteiger partial charge in [0.2, 0.25) is 10.0 Å². The number of aryl methyl sites for hydroxylation is 2. The lowest BCUT2D eigenvalue weighted by molar-refractivity contribution is 0.0694. The van der Waals surface area contributed by atoms with Crippen LogP contribution in [0.15, 0.2) is 39.7 Å². The van der Waals surface area contributed by atoms with Gasteiger partial charge in [-0.1, -0.05) is 12.1 Å². The van der Waals surface area contributed by atoms with E-state index in [1.165, 1.54) is 18.5 Å². The molecule has 162 valence electrons. The Kier molecular flexibility index (Phi) is 6.74. The number of piperazine rings is 1. The number of sulfonamides is 1. The van der Waals surface area contributed by atoms with Gasteiger partial charge in [-0.05, 0) is 59.1 Å². The summed E-state index contributed by atoms with van der Waals surface area (Å²) in [5, 5.41) is 0. The van der Waals surface area contributed by atoms with E-state index in [4.69, 9.17) is 9.47 Å². The zero-order chi connectivity index (χ0) is 22.1. The fourth-order valence-corrected chi connectivity index (χ4v) is 5.81. The topological polar surface area (TPSA) is 76.2 Å². The molecule has 1 fully saturated rings. The quantitative estimate of drug-likeness (QED) is 0.634. The zero-order valence-corrected chi connectivity index (χ0v) is 19.8. The van der Waals surface area contributed by atoms with E-state index in [1.807, 2.05) is 19.1 Å². The van der Waals surface area contributed by atoms with Crippen molar-refractivity contribution in [3.63, 3.8) is 0 Å². The molecule has 1 saturated heterocycles. The van der Waals surface area contributed by atoms with Gasteiger partial charge in [0, 0.05) is 26.2 Å². The van der Waals surface area contributed by atoms with Gasteiger partial charge < -0.3 is 14.4 Å². The number of halogens is 1. The summed E-state index contributed by atoms with van der Waals surface area (Å²) in [4.78, 5) is 15.1. The Morgan fingerprint density at radius 2 is 1.67 bits per heavy atom. The highest BCUT2D eigenvalue weighted by Crippen LogP contribution is 2.34. The number of carbonyl (C=O) groups is 1. The molecule has 7 nitrogen and oxygen atoms in total. The molecule has 1 amide bonds. The Morgan fingerprint density at radius 1 is 1.00 bits per heavy atom. The van der Waals surface area contributed by atoms with Gasteiger partial charge in [-0.3, -0.25) is 4.79 Å². The van der Waals surface area contributed by atoms with Crippen LogP contribution in [0.3, 0.4) is 0 Å². The first kappa shape index (κ1) is 22.6. The summed E-state index contributed by atoms with van der Waals surface area (Å²) >= 11 is 3.40. The highest BCUT2D eigenvalue weighted by molar-refractivity contribution is 9.10. The van der Waals surface area contributed by atoms with Gasteiger partial charge in [0.15, 0.2) is 0 Å². The van der Waals surface area contributed by atoms with Gasteiger partial charge in [0.25, 0.3) is 5.91 Å². The van der Waals surface area contributed by atoms with E-state index in [9.17, 15) is 13.2 Å². The Balaban J connectivity index is 1.80. The minimum Gasteiger partial charge on any atom is -0.497 e. The molecule has 1 heterocycles. The molecule has 0 bridgehead atoms. The van der Waals surface area contributed by atoms with Crippen LogP contribution in [0, 0.1) is 13.8 Å². The molecule has 1 aliphatic heterocycles. The summed E-state index contributed by atoms with van der Waals surface area (Å²) in [6.07, 6.45) is 0. The third-order valence-electron chi connectivity index (χ3n) is 5.17. The van der Waals surface area contributed by atoms with Crippen molar-refractivity contribution in [3.8, 4) is 11.5 Å². The monoisotopic (exact) mass is 496 g/mol. The van der Waals surface area contributed by atoms with Gasteiger partial charge in [-0.15, -0.1) is 0 Å². The van der Waals surface area contributed by atoms with Crippen LogP contribution in [-0.2, 0) is 10.0 Å². The van der Waals surface area contributed by atoms with Crippen molar-refractivity contribution in [3.05, 3.63) is 51.5 Å². The molecule has 0 saturated carbocycles. The van der Waals surface area contributed by atoms with E-state index in [1.54, 1.807) is 30.0 Å². The van der Waals surface area contributed by atoms with Gasteiger partial charge in [-0.25, -0.2) is 8.42 Å². The van der Waals surface area contributed by atoms with E-state index in [0.717, 1.165) is 5.56 Å². The molecule has 3 rings (SSSR count). The molecular weight excluding hydrogens is 472 g/mol. The van der Waals surface area contributed by atoms with E-state index in [-0.39, 0.29) is 19.0 Å². The molecule has 0 aromatic heterocycles. The maximum atomic E-state index is 13.1. The number of carbonyl (C=O) groups excluding carboxylic acids is 1. The van der Waals surface area contributed by atoms with Crippen LogP contribution in [0.1, 0.15) is 21.5 Å². The second-order valence-corrected chi connectivity index (χ2v) is 9.92. The highest BCUT2D eigenvalue weighted by Gasteiger charge is 2.32. The van der Waals surface area contributed by atoms with E-state index < -0.39 is 10.0 Å². The largest absolute Gasteiger partial charge is 0.497 e. The van der Waals surface area contributed by atoms with Crippen LogP contribution in [0.25, 0.3) is 0 Å². The normalized spacial score (nSPS) is 15.2. The molecule has 0 atom stereocenters. The third-order valence-corrected chi connectivity index (χ3v) is 7.80. The molecule has 0 N–H and O–H groups in total. The average Bonchev–Trinajstić information content (AvgIpc) is 2.74. The SMILES string of the molecule is COc1cc(Br)c(OC)c(C(=O)N2CCN(S(=O)(=O)c3cc(C)ccc3C)CC2)c1. The fraction of sp³-hybridized carbons (Fsp3) is 0.381. The van der Waals surface area contributed by atoms with Crippen molar-refractivity contribution in [2.45, 2.75) is 18.7 Å². The first-order valence-corrected chi connectivity index (χ1v) is 11.7. The van der Waals surface area contributed by atoms with Crippen molar-refractivity contribution in [2.75, 3.05) is 40.4 Å². The van der Waals surface area contributed by atoms with Crippen LogP contribution >= 0.6 is 15.9 Å². The molecule has 2 aromatic rings. The zero-order valence-electron chi connectivity index (χ0n) is 17.4. The van der Waals surface area contributed by atoms with Crippen molar-refractivity contribution in [1.29, 1.82) is 0 Å². The second-order valence-electron chi connectivity index (χ2n) is 7.16. The second kappa shape index (κ2) is 8.95. The molecule has 0 aliphatic carbocycles. The predicted molar refractivity (Wildman–Crippen MR) is 118 cm³/mol. The van der Waals surface area contributed by atoms with Crippen LogP contribution in [-0.4, -0.2) is 63.9 Å².